The molecule has 2 aromatic carbocycles. The van der Waals surface area contributed by atoms with Crippen molar-refractivity contribution < 1.29 is 19.7 Å². The Morgan fingerprint density at radius 3 is 2.26 bits per heavy atom. The number of aryl methyl sites for hydroxylation is 3. The highest BCUT2D eigenvalue weighted by atomic mass is 16.5. The Labute approximate surface area is 135 Å². The number of carbonyl (C=O) groups is 1. The molecular weight excluding hydrogens is 294 g/mol. The maximum absolute atomic E-state index is 10.8. The van der Waals surface area contributed by atoms with E-state index < -0.39 is 12.0 Å². The van der Waals surface area contributed by atoms with Crippen LogP contribution >= 0.6 is 0 Å². The second-order valence-electron chi connectivity index (χ2n) is 5.76. The summed E-state index contributed by atoms with van der Waals surface area (Å²) in [5, 5.41) is 18.7. The van der Waals surface area contributed by atoms with E-state index in [4.69, 9.17) is 15.6 Å². The minimum absolute atomic E-state index is 0.270. The minimum atomic E-state index is -1.02. The Morgan fingerprint density at radius 2 is 1.74 bits per heavy atom. The first-order chi connectivity index (χ1) is 10.8. The van der Waals surface area contributed by atoms with Crippen molar-refractivity contribution in [3.8, 4) is 17.2 Å². The van der Waals surface area contributed by atoms with Gasteiger partial charge in [0.15, 0.2) is 0 Å². The Morgan fingerprint density at radius 1 is 1.13 bits per heavy atom. The van der Waals surface area contributed by atoms with Gasteiger partial charge in [0.25, 0.3) is 0 Å². The molecule has 0 bridgehead atoms. The Hall–Kier alpha value is -2.53. The van der Waals surface area contributed by atoms with E-state index in [1.165, 1.54) is 0 Å². The van der Waals surface area contributed by atoms with Gasteiger partial charge in [0.05, 0.1) is 0 Å². The van der Waals surface area contributed by atoms with Crippen molar-refractivity contribution in [3.05, 3.63) is 52.6 Å². The molecule has 0 spiro atoms. The summed E-state index contributed by atoms with van der Waals surface area (Å²) in [7, 11) is 0. The summed E-state index contributed by atoms with van der Waals surface area (Å²) >= 11 is 0. The second kappa shape index (κ2) is 6.71. The highest BCUT2D eigenvalue weighted by Gasteiger charge is 2.13. The molecule has 0 fully saturated rings. The van der Waals surface area contributed by atoms with Gasteiger partial charge < -0.3 is 20.7 Å². The number of carboxylic acids is 1. The number of aliphatic carboxylic acids is 1. The van der Waals surface area contributed by atoms with Gasteiger partial charge in [-0.15, -0.1) is 0 Å². The minimum Gasteiger partial charge on any atom is -0.507 e. The van der Waals surface area contributed by atoms with E-state index in [0.717, 1.165) is 22.3 Å². The van der Waals surface area contributed by atoms with E-state index in [1.54, 1.807) is 18.2 Å². The Bertz CT molecular complexity index is 717. The molecule has 5 nitrogen and oxygen atoms in total. The summed E-state index contributed by atoms with van der Waals surface area (Å²) in [6.07, 6.45) is 0.272. The number of ether oxygens (including phenoxy) is 1. The highest BCUT2D eigenvalue weighted by Crippen LogP contribution is 2.31. The first-order valence-electron chi connectivity index (χ1n) is 7.34. The van der Waals surface area contributed by atoms with Gasteiger partial charge in [-0.05, 0) is 67.6 Å². The van der Waals surface area contributed by atoms with Crippen LogP contribution in [0.4, 0.5) is 0 Å². The van der Waals surface area contributed by atoms with Gasteiger partial charge in [-0.25, -0.2) is 0 Å². The molecular formula is C18H21NO4. The second-order valence-corrected chi connectivity index (χ2v) is 5.76. The van der Waals surface area contributed by atoms with Crippen molar-refractivity contribution in [1.29, 1.82) is 0 Å². The van der Waals surface area contributed by atoms with Gasteiger partial charge in [-0.3, -0.25) is 4.79 Å². The van der Waals surface area contributed by atoms with Gasteiger partial charge in [0.1, 0.15) is 23.3 Å². The summed E-state index contributed by atoms with van der Waals surface area (Å²) in [5.41, 5.74) is 8.80. The SMILES string of the molecule is Cc1cc(C[C@@H](N)C(=O)O)ccc1Oc1cc(C)c(O)c(C)c1. The van der Waals surface area contributed by atoms with Crippen LogP contribution in [0.15, 0.2) is 30.3 Å². The molecule has 0 unspecified atom stereocenters. The zero-order chi connectivity index (χ0) is 17.1. The number of aromatic hydroxyl groups is 1. The van der Waals surface area contributed by atoms with Crippen LogP contribution in [0, 0.1) is 20.8 Å². The van der Waals surface area contributed by atoms with Crippen molar-refractivity contribution in [3.63, 3.8) is 0 Å². The molecule has 0 heterocycles. The van der Waals surface area contributed by atoms with Crippen LogP contribution in [0.5, 0.6) is 17.2 Å². The van der Waals surface area contributed by atoms with Crippen LogP contribution in [-0.4, -0.2) is 22.2 Å². The van der Waals surface area contributed by atoms with Crippen molar-refractivity contribution in [2.24, 2.45) is 5.73 Å². The third-order valence-corrected chi connectivity index (χ3v) is 3.70. The summed E-state index contributed by atoms with van der Waals surface area (Å²) in [5.74, 6) is 0.586. The molecule has 2 rings (SSSR count). The molecule has 0 aliphatic carbocycles. The quantitative estimate of drug-likeness (QED) is 0.788. The lowest BCUT2D eigenvalue weighted by atomic mass is 10.0. The number of hydrogen-bond acceptors (Lipinski definition) is 4. The molecule has 1 atom stereocenters. The fourth-order valence-electron chi connectivity index (χ4n) is 2.40. The van der Waals surface area contributed by atoms with E-state index >= 15 is 0 Å². The number of rotatable bonds is 5. The zero-order valence-corrected chi connectivity index (χ0v) is 13.5. The maximum atomic E-state index is 10.8. The summed E-state index contributed by atoms with van der Waals surface area (Å²) < 4.78 is 5.87. The molecule has 0 aliphatic heterocycles. The smallest absolute Gasteiger partial charge is 0.320 e. The van der Waals surface area contributed by atoms with Gasteiger partial charge in [-0.1, -0.05) is 12.1 Å². The number of nitrogens with two attached hydrogens (primary N) is 1. The normalized spacial score (nSPS) is 12.0. The first kappa shape index (κ1) is 16.8. The number of hydrogen-bond donors (Lipinski definition) is 3. The standard InChI is InChI=1S/C18H21NO4/c1-10-6-13(9-15(19)18(21)22)4-5-16(10)23-14-7-11(2)17(20)12(3)8-14/h4-8,15,20H,9,19H2,1-3H3,(H,21,22)/t15-/m1/s1. The lowest BCUT2D eigenvalue weighted by molar-refractivity contribution is -0.138. The molecule has 0 amide bonds. The maximum Gasteiger partial charge on any atom is 0.320 e. The number of phenolic OH excluding ortho intramolecular Hbond substituents is 1. The van der Waals surface area contributed by atoms with E-state index in [2.05, 4.69) is 0 Å². The van der Waals surface area contributed by atoms with Crippen LogP contribution < -0.4 is 10.5 Å². The van der Waals surface area contributed by atoms with Gasteiger partial charge in [-0.2, -0.15) is 0 Å². The van der Waals surface area contributed by atoms with Crippen LogP contribution in [0.3, 0.4) is 0 Å². The Balaban J connectivity index is 2.20. The number of phenols is 1. The largest absolute Gasteiger partial charge is 0.507 e. The van der Waals surface area contributed by atoms with Gasteiger partial charge >= 0.3 is 5.97 Å². The van der Waals surface area contributed by atoms with Crippen LogP contribution in [0.25, 0.3) is 0 Å². The lowest BCUT2D eigenvalue weighted by Gasteiger charge is -2.13. The zero-order valence-electron chi connectivity index (χ0n) is 13.5. The third-order valence-electron chi connectivity index (χ3n) is 3.70. The molecule has 4 N–H and O–H groups in total. The van der Waals surface area contributed by atoms with Crippen LogP contribution in [-0.2, 0) is 11.2 Å². The predicted molar refractivity (Wildman–Crippen MR) is 88.1 cm³/mol. The van der Waals surface area contributed by atoms with Crippen molar-refractivity contribution in [1.82, 2.24) is 0 Å². The lowest BCUT2D eigenvalue weighted by Crippen LogP contribution is -2.32. The molecule has 122 valence electrons. The van der Waals surface area contributed by atoms with Crippen molar-refractivity contribution in [2.45, 2.75) is 33.2 Å². The number of benzene rings is 2. The van der Waals surface area contributed by atoms with E-state index in [9.17, 15) is 9.90 Å². The molecule has 5 heteroatoms. The molecule has 0 saturated heterocycles. The predicted octanol–water partition coefficient (Wildman–Crippen LogP) is 3.06. The van der Waals surface area contributed by atoms with Crippen molar-refractivity contribution in [2.75, 3.05) is 0 Å². The van der Waals surface area contributed by atoms with Crippen LogP contribution in [0.1, 0.15) is 22.3 Å². The molecule has 0 aromatic heterocycles. The fraction of sp³-hybridized carbons (Fsp3) is 0.278. The average Bonchev–Trinajstić information content (AvgIpc) is 2.47. The molecule has 0 aliphatic rings. The molecule has 23 heavy (non-hydrogen) atoms. The van der Waals surface area contributed by atoms with E-state index in [-0.39, 0.29) is 12.2 Å². The first-order valence-corrected chi connectivity index (χ1v) is 7.34. The molecule has 2 aromatic rings. The van der Waals surface area contributed by atoms with E-state index in [1.807, 2.05) is 32.9 Å². The fourth-order valence-corrected chi connectivity index (χ4v) is 2.40. The summed E-state index contributed by atoms with van der Waals surface area (Å²) in [6, 6.07) is 8.12. The van der Waals surface area contributed by atoms with E-state index in [0.29, 0.717) is 11.5 Å². The molecule has 0 radical (unpaired) electrons. The third kappa shape index (κ3) is 4.02. The highest BCUT2D eigenvalue weighted by molar-refractivity contribution is 5.73. The Kier molecular flexibility index (Phi) is 4.91. The topological polar surface area (TPSA) is 92.8 Å². The number of carboxylic acid groups (broad SMARTS) is 1. The molecule has 0 saturated carbocycles. The monoisotopic (exact) mass is 315 g/mol. The summed E-state index contributed by atoms with van der Waals surface area (Å²) in [6.45, 7) is 5.53. The average molecular weight is 315 g/mol. The van der Waals surface area contributed by atoms with Gasteiger partial charge in [0.2, 0.25) is 0 Å². The van der Waals surface area contributed by atoms with Crippen LogP contribution in [0.2, 0.25) is 0 Å². The summed E-state index contributed by atoms with van der Waals surface area (Å²) in [4.78, 5) is 10.8. The van der Waals surface area contributed by atoms with Gasteiger partial charge in [0, 0.05) is 0 Å². The van der Waals surface area contributed by atoms with Crippen molar-refractivity contribution >= 4 is 5.97 Å².